The zero-order valence-corrected chi connectivity index (χ0v) is 10.7. The minimum Gasteiger partial charge on any atom is -0.347 e. The van der Waals surface area contributed by atoms with Crippen LogP contribution in [-0.2, 0) is 0 Å². The Morgan fingerprint density at radius 3 is 2.62 bits per heavy atom. The van der Waals surface area contributed by atoms with Crippen LogP contribution in [0.15, 0.2) is 0 Å². The molecule has 0 saturated heterocycles. The molecule has 2 aliphatic rings. The van der Waals surface area contributed by atoms with Gasteiger partial charge in [0.25, 0.3) is 0 Å². The summed E-state index contributed by atoms with van der Waals surface area (Å²) in [6, 6.07) is 0. The van der Waals surface area contributed by atoms with Gasteiger partial charge in [0.1, 0.15) is 10.5 Å². The first-order valence-electron chi connectivity index (χ1n) is 6.22. The maximum atomic E-state index is 5.32. The molecule has 0 amide bonds. The van der Waals surface area contributed by atoms with Crippen molar-refractivity contribution >= 4 is 12.2 Å². The lowest BCUT2D eigenvalue weighted by atomic mass is 9.88. The Balaban J connectivity index is 1.99. The van der Waals surface area contributed by atoms with Crippen LogP contribution in [0.3, 0.4) is 0 Å². The fraction of sp³-hybridized carbons (Fsp3) is 0.692. The second kappa shape index (κ2) is 3.66. The van der Waals surface area contributed by atoms with E-state index in [1.54, 1.807) is 0 Å². The molecular formula is C13H18N2S. The Morgan fingerprint density at radius 2 is 2.06 bits per heavy atom. The monoisotopic (exact) mass is 234 g/mol. The van der Waals surface area contributed by atoms with Gasteiger partial charge < -0.3 is 4.98 Å². The highest BCUT2D eigenvalue weighted by Crippen LogP contribution is 2.52. The van der Waals surface area contributed by atoms with Crippen molar-refractivity contribution in [3.05, 3.63) is 21.7 Å². The lowest BCUT2D eigenvalue weighted by molar-refractivity contribution is 0.404. The molecule has 1 heterocycles. The molecule has 1 N–H and O–H groups in total. The van der Waals surface area contributed by atoms with Gasteiger partial charge in [0, 0.05) is 17.2 Å². The molecule has 2 aliphatic carbocycles. The molecule has 2 nitrogen and oxygen atoms in total. The summed E-state index contributed by atoms with van der Waals surface area (Å²) in [5.74, 6) is 3.63. The van der Waals surface area contributed by atoms with E-state index in [0.29, 0.717) is 5.92 Å². The van der Waals surface area contributed by atoms with Crippen molar-refractivity contribution in [2.75, 3.05) is 0 Å². The maximum absolute atomic E-state index is 5.32. The number of nitrogens with one attached hydrogen (secondary N) is 1. The summed E-state index contributed by atoms with van der Waals surface area (Å²) < 4.78 is 0.786. The summed E-state index contributed by atoms with van der Waals surface area (Å²) >= 11 is 5.32. The predicted molar refractivity (Wildman–Crippen MR) is 67.1 cm³/mol. The average Bonchev–Trinajstić information content (AvgIpc) is 2.86. The number of aromatic amines is 1. The molecule has 0 spiro atoms. The number of hydrogen-bond donors (Lipinski definition) is 1. The third-order valence-electron chi connectivity index (χ3n) is 4.51. The average molecular weight is 234 g/mol. The molecular weight excluding hydrogens is 216 g/mol. The van der Waals surface area contributed by atoms with Crippen molar-refractivity contribution in [3.8, 4) is 0 Å². The van der Waals surface area contributed by atoms with E-state index in [1.165, 1.54) is 31.4 Å². The molecule has 2 saturated carbocycles. The van der Waals surface area contributed by atoms with Crippen LogP contribution in [-0.4, -0.2) is 9.97 Å². The molecule has 16 heavy (non-hydrogen) atoms. The SMILES string of the molecule is Cc1[nH]c(C2CC3CCC2C3)nc(=S)c1C. The summed E-state index contributed by atoms with van der Waals surface area (Å²) in [6.45, 7) is 4.15. The molecule has 1 aromatic heterocycles. The molecule has 3 rings (SSSR count). The molecule has 3 unspecified atom stereocenters. The van der Waals surface area contributed by atoms with E-state index in [-0.39, 0.29) is 0 Å². The minimum atomic E-state index is 0.653. The van der Waals surface area contributed by atoms with Crippen molar-refractivity contribution in [2.45, 2.75) is 45.4 Å². The third kappa shape index (κ3) is 1.53. The molecule has 2 fully saturated rings. The standard InChI is InChI=1S/C13H18N2S/c1-7-8(2)14-12(15-13(7)16)11-6-9-3-4-10(11)5-9/h9-11H,3-6H2,1-2H3,(H,14,15,16). The van der Waals surface area contributed by atoms with Gasteiger partial charge in [-0.2, -0.15) is 0 Å². The molecule has 0 radical (unpaired) electrons. The van der Waals surface area contributed by atoms with Gasteiger partial charge in [-0.15, -0.1) is 0 Å². The van der Waals surface area contributed by atoms with E-state index in [2.05, 4.69) is 16.9 Å². The number of aryl methyl sites for hydroxylation is 1. The van der Waals surface area contributed by atoms with Gasteiger partial charge in [0.05, 0.1) is 0 Å². The minimum absolute atomic E-state index is 0.653. The van der Waals surface area contributed by atoms with Gasteiger partial charge in [-0.3, -0.25) is 0 Å². The van der Waals surface area contributed by atoms with Crippen LogP contribution in [0.1, 0.15) is 48.7 Å². The highest BCUT2D eigenvalue weighted by molar-refractivity contribution is 7.71. The third-order valence-corrected chi connectivity index (χ3v) is 4.91. The zero-order chi connectivity index (χ0) is 11.3. The number of fused-ring (bicyclic) bond motifs is 2. The lowest BCUT2D eigenvalue weighted by Gasteiger charge is -2.21. The molecule has 86 valence electrons. The Labute approximate surface area is 102 Å². The largest absolute Gasteiger partial charge is 0.347 e. The summed E-state index contributed by atoms with van der Waals surface area (Å²) in [4.78, 5) is 8.06. The van der Waals surface area contributed by atoms with Gasteiger partial charge in [-0.05, 0) is 44.9 Å². The predicted octanol–water partition coefficient (Wildman–Crippen LogP) is 3.66. The van der Waals surface area contributed by atoms with Crippen molar-refractivity contribution in [2.24, 2.45) is 11.8 Å². The van der Waals surface area contributed by atoms with Crippen LogP contribution in [0, 0.1) is 30.3 Å². The Bertz CT molecular complexity index is 477. The van der Waals surface area contributed by atoms with Gasteiger partial charge >= 0.3 is 0 Å². The van der Waals surface area contributed by atoms with Crippen molar-refractivity contribution in [1.82, 2.24) is 9.97 Å². The first-order valence-corrected chi connectivity index (χ1v) is 6.63. The van der Waals surface area contributed by atoms with E-state index in [1.807, 2.05) is 6.92 Å². The smallest absolute Gasteiger partial charge is 0.132 e. The topological polar surface area (TPSA) is 28.7 Å². The highest BCUT2D eigenvalue weighted by atomic mass is 32.1. The number of aromatic nitrogens is 2. The fourth-order valence-corrected chi connectivity index (χ4v) is 3.67. The van der Waals surface area contributed by atoms with E-state index >= 15 is 0 Å². The second-order valence-electron chi connectivity index (χ2n) is 5.46. The van der Waals surface area contributed by atoms with E-state index in [4.69, 9.17) is 12.2 Å². The van der Waals surface area contributed by atoms with Crippen molar-refractivity contribution in [3.63, 3.8) is 0 Å². The van der Waals surface area contributed by atoms with Crippen LogP contribution in [0.25, 0.3) is 0 Å². The zero-order valence-electron chi connectivity index (χ0n) is 9.92. The van der Waals surface area contributed by atoms with Crippen molar-refractivity contribution < 1.29 is 0 Å². The fourth-order valence-electron chi connectivity index (χ4n) is 3.42. The summed E-state index contributed by atoms with van der Waals surface area (Å²) in [5.41, 5.74) is 2.32. The quantitative estimate of drug-likeness (QED) is 0.751. The maximum Gasteiger partial charge on any atom is 0.132 e. The van der Waals surface area contributed by atoms with Gasteiger partial charge in [-0.1, -0.05) is 18.6 Å². The normalized spacial score (nSPS) is 32.2. The van der Waals surface area contributed by atoms with E-state index in [0.717, 1.165) is 27.9 Å². The summed E-state index contributed by atoms with van der Waals surface area (Å²) in [5, 5.41) is 0. The summed E-state index contributed by atoms with van der Waals surface area (Å²) in [7, 11) is 0. The lowest BCUT2D eigenvalue weighted by Crippen LogP contribution is -2.13. The van der Waals surface area contributed by atoms with E-state index in [9.17, 15) is 0 Å². The van der Waals surface area contributed by atoms with E-state index < -0.39 is 0 Å². The molecule has 1 aromatic rings. The van der Waals surface area contributed by atoms with Crippen LogP contribution in [0.4, 0.5) is 0 Å². The molecule has 0 aromatic carbocycles. The van der Waals surface area contributed by atoms with Crippen LogP contribution < -0.4 is 0 Å². The Morgan fingerprint density at radius 1 is 1.25 bits per heavy atom. The highest BCUT2D eigenvalue weighted by Gasteiger charge is 2.41. The number of H-pyrrole nitrogens is 1. The van der Waals surface area contributed by atoms with Gasteiger partial charge in [0.15, 0.2) is 0 Å². The van der Waals surface area contributed by atoms with Crippen LogP contribution >= 0.6 is 12.2 Å². The number of hydrogen-bond acceptors (Lipinski definition) is 2. The number of rotatable bonds is 1. The Kier molecular flexibility index (Phi) is 2.39. The summed E-state index contributed by atoms with van der Waals surface area (Å²) in [6.07, 6.45) is 5.57. The first kappa shape index (κ1) is 10.5. The van der Waals surface area contributed by atoms with Crippen molar-refractivity contribution in [1.29, 1.82) is 0 Å². The van der Waals surface area contributed by atoms with Gasteiger partial charge in [0.2, 0.25) is 0 Å². The number of nitrogens with zero attached hydrogens (tertiary/aromatic N) is 1. The van der Waals surface area contributed by atoms with Crippen LogP contribution in [0.5, 0.6) is 0 Å². The molecule has 0 aliphatic heterocycles. The Hall–Kier alpha value is -0.700. The molecule has 2 bridgehead atoms. The van der Waals surface area contributed by atoms with Gasteiger partial charge in [-0.25, -0.2) is 4.98 Å². The second-order valence-corrected chi connectivity index (χ2v) is 5.85. The van der Waals surface area contributed by atoms with Crippen LogP contribution in [0.2, 0.25) is 0 Å². The first-order chi connectivity index (χ1) is 7.65. The molecule has 3 heteroatoms. The molecule has 3 atom stereocenters.